The summed E-state index contributed by atoms with van der Waals surface area (Å²) >= 11 is 0. The molecule has 2 aliphatic rings. The van der Waals surface area contributed by atoms with Crippen LogP contribution < -0.4 is 4.90 Å². The van der Waals surface area contributed by atoms with E-state index in [-0.39, 0.29) is 11.9 Å². The first kappa shape index (κ1) is 22.2. The molecule has 0 aliphatic carbocycles. The van der Waals surface area contributed by atoms with Gasteiger partial charge in [0.05, 0.1) is 25.0 Å². The van der Waals surface area contributed by atoms with Crippen LogP contribution in [0.5, 0.6) is 0 Å². The second-order valence-corrected chi connectivity index (χ2v) is 8.25. The first-order valence-electron chi connectivity index (χ1n) is 11.3. The van der Waals surface area contributed by atoms with Crippen LogP contribution in [0.4, 0.5) is 5.69 Å². The molecule has 0 N–H and O–H groups in total. The van der Waals surface area contributed by atoms with Crippen LogP contribution in [-0.2, 0) is 14.4 Å². The van der Waals surface area contributed by atoms with Crippen molar-refractivity contribution in [2.24, 2.45) is 5.16 Å². The molecule has 4 rings (SSSR count). The quantitative estimate of drug-likeness (QED) is 0.207. The minimum atomic E-state index is -0.128. The molecule has 1 atom stereocenters. The predicted molar refractivity (Wildman–Crippen MR) is 127 cm³/mol. The Morgan fingerprint density at radius 1 is 1.12 bits per heavy atom. The van der Waals surface area contributed by atoms with E-state index < -0.39 is 0 Å². The molecule has 0 radical (unpaired) electrons. The fourth-order valence-electron chi connectivity index (χ4n) is 4.21. The van der Waals surface area contributed by atoms with E-state index in [9.17, 15) is 4.79 Å². The van der Waals surface area contributed by atoms with Gasteiger partial charge in [0.1, 0.15) is 6.61 Å². The van der Waals surface area contributed by atoms with Gasteiger partial charge in [0.25, 0.3) is 5.91 Å². The minimum Gasteiger partial charge on any atom is -0.396 e. The molecule has 32 heavy (non-hydrogen) atoms. The third-order valence-electron chi connectivity index (χ3n) is 5.90. The molecule has 0 saturated carbocycles. The smallest absolute Gasteiger partial charge is 0.257 e. The zero-order valence-electron chi connectivity index (χ0n) is 18.9. The van der Waals surface area contributed by atoms with Gasteiger partial charge in [0.15, 0.2) is 0 Å². The molecule has 1 unspecified atom stereocenters. The third-order valence-corrected chi connectivity index (χ3v) is 5.90. The maximum atomic E-state index is 13.1. The van der Waals surface area contributed by atoms with Crippen LogP contribution in [0.15, 0.2) is 71.4 Å². The average molecular weight is 434 g/mol. The Labute approximate surface area is 190 Å². The number of rotatable bonds is 8. The molecule has 0 aromatic heterocycles. The number of amides is 1. The number of benzene rings is 2. The average Bonchev–Trinajstić information content (AvgIpc) is 2.82. The number of para-hydroxylation sites is 1. The molecule has 2 aliphatic heterocycles. The lowest BCUT2D eigenvalue weighted by atomic mass is 9.86. The highest BCUT2D eigenvalue weighted by Crippen LogP contribution is 2.44. The standard InChI is InChI=1S/C26H31N3O3/c1-20-9-6-7-12-24(20)29-25(22-10-4-3-5-11-22)23(26(29)30)19-21(2)27-32-16-8-13-28-14-17-31-18-15-28/h3-7,9-12,19,25H,8,13-18H2,1-2H3/b23-19+,27-21?. The number of ether oxygens (including phenoxy) is 1. The van der Waals surface area contributed by atoms with Gasteiger partial charge in [-0.2, -0.15) is 0 Å². The maximum Gasteiger partial charge on any atom is 0.257 e. The van der Waals surface area contributed by atoms with Crippen molar-refractivity contribution in [2.45, 2.75) is 26.3 Å². The van der Waals surface area contributed by atoms with Crippen LogP contribution in [0, 0.1) is 6.92 Å². The van der Waals surface area contributed by atoms with E-state index in [1.54, 1.807) is 0 Å². The summed E-state index contributed by atoms with van der Waals surface area (Å²) in [6.07, 6.45) is 2.77. The number of morpholine rings is 1. The summed E-state index contributed by atoms with van der Waals surface area (Å²) in [5.41, 5.74) is 4.54. The van der Waals surface area contributed by atoms with Crippen LogP contribution >= 0.6 is 0 Å². The van der Waals surface area contributed by atoms with Crippen molar-refractivity contribution in [1.29, 1.82) is 0 Å². The molecule has 1 amide bonds. The zero-order valence-corrected chi connectivity index (χ0v) is 18.9. The molecule has 2 aromatic carbocycles. The number of hydrogen-bond donors (Lipinski definition) is 0. The summed E-state index contributed by atoms with van der Waals surface area (Å²) in [5, 5.41) is 4.23. The van der Waals surface area contributed by atoms with Gasteiger partial charge in [-0.3, -0.25) is 14.6 Å². The molecule has 0 bridgehead atoms. The molecule has 168 valence electrons. The third kappa shape index (κ3) is 5.09. The number of carbonyl (C=O) groups is 1. The van der Waals surface area contributed by atoms with Gasteiger partial charge in [-0.15, -0.1) is 0 Å². The van der Waals surface area contributed by atoms with Crippen molar-refractivity contribution in [3.05, 3.63) is 77.4 Å². The van der Waals surface area contributed by atoms with Gasteiger partial charge in [0.2, 0.25) is 0 Å². The van der Waals surface area contributed by atoms with Crippen molar-refractivity contribution >= 4 is 17.3 Å². The van der Waals surface area contributed by atoms with Gasteiger partial charge in [-0.05, 0) is 43.5 Å². The Hall–Kier alpha value is -2.96. The highest BCUT2D eigenvalue weighted by Gasteiger charge is 2.44. The summed E-state index contributed by atoms with van der Waals surface area (Å²) in [6.45, 7) is 9.03. The first-order valence-corrected chi connectivity index (χ1v) is 11.3. The molecular weight excluding hydrogens is 402 g/mol. The number of aryl methyl sites for hydroxylation is 1. The number of oxime groups is 1. The fourth-order valence-corrected chi connectivity index (χ4v) is 4.21. The normalized spacial score (nSPS) is 21.0. The summed E-state index contributed by atoms with van der Waals surface area (Å²) in [6, 6.07) is 18.0. The van der Waals surface area contributed by atoms with Crippen molar-refractivity contribution < 1.29 is 14.4 Å². The van der Waals surface area contributed by atoms with Gasteiger partial charge < -0.3 is 9.57 Å². The molecule has 2 saturated heterocycles. The van der Waals surface area contributed by atoms with Gasteiger partial charge in [0, 0.05) is 30.9 Å². The Balaban J connectivity index is 1.43. The lowest BCUT2D eigenvalue weighted by Crippen LogP contribution is -2.49. The Morgan fingerprint density at radius 2 is 1.84 bits per heavy atom. The highest BCUT2D eigenvalue weighted by molar-refractivity contribution is 6.18. The lowest BCUT2D eigenvalue weighted by molar-refractivity contribution is -0.119. The Bertz CT molecular complexity index is 981. The number of anilines is 1. The SMILES string of the molecule is CC(/C=C1/C(=O)N(c2ccccc2C)C1c1ccccc1)=NOCCCN1CCOCC1. The van der Waals surface area contributed by atoms with E-state index in [0.717, 1.165) is 61.7 Å². The fraction of sp³-hybridized carbons (Fsp3) is 0.385. The van der Waals surface area contributed by atoms with E-state index >= 15 is 0 Å². The lowest BCUT2D eigenvalue weighted by Gasteiger charge is -2.43. The molecule has 0 spiro atoms. The van der Waals surface area contributed by atoms with Crippen LogP contribution in [-0.4, -0.2) is 56.0 Å². The minimum absolute atomic E-state index is 0.00928. The van der Waals surface area contributed by atoms with E-state index in [1.165, 1.54) is 0 Å². The number of nitrogens with zero attached hydrogens (tertiary/aromatic N) is 3. The summed E-state index contributed by atoms with van der Waals surface area (Å²) in [7, 11) is 0. The molecule has 2 heterocycles. The van der Waals surface area contributed by atoms with Crippen molar-refractivity contribution in [2.75, 3.05) is 44.4 Å². The Kier molecular flexibility index (Phi) is 7.35. The first-order chi connectivity index (χ1) is 15.6. The Morgan fingerprint density at radius 3 is 2.59 bits per heavy atom. The molecule has 6 heteroatoms. The van der Waals surface area contributed by atoms with Crippen LogP contribution in [0.25, 0.3) is 0 Å². The van der Waals surface area contributed by atoms with E-state index in [2.05, 4.69) is 22.2 Å². The summed E-state index contributed by atoms with van der Waals surface area (Å²) in [4.78, 5) is 22.9. The van der Waals surface area contributed by atoms with Crippen LogP contribution in [0.1, 0.15) is 30.5 Å². The summed E-state index contributed by atoms with van der Waals surface area (Å²) < 4.78 is 5.37. The van der Waals surface area contributed by atoms with Crippen molar-refractivity contribution in [3.8, 4) is 0 Å². The van der Waals surface area contributed by atoms with Gasteiger partial charge in [-0.1, -0.05) is 53.7 Å². The monoisotopic (exact) mass is 433 g/mol. The summed E-state index contributed by atoms with van der Waals surface area (Å²) in [5.74, 6) is 0.00928. The van der Waals surface area contributed by atoms with E-state index in [0.29, 0.717) is 12.3 Å². The predicted octanol–water partition coefficient (Wildman–Crippen LogP) is 4.12. The maximum absolute atomic E-state index is 13.1. The molecule has 6 nitrogen and oxygen atoms in total. The van der Waals surface area contributed by atoms with Gasteiger partial charge >= 0.3 is 0 Å². The van der Waals surface area contributed by atoms with Crippen molar-refractivity contribution in [3.63, 3.8) is 0 Å². The number of hydrogen-bond acceptors (Lipinski definition) is 5. The van der Waals surface area contributed by atoms with E-state index in [1.807, 2.05) is 67.3 Å². The second-order valence-electron chi connectivity index (χ2n) is 8.25. The van der Waals surface area contributed by atoms with Crippen molar-refractivity contribution in [1.82, 2.24) is 4.90 Å². The molecule has 2 aromatic rings. The highest BCUT2D eigenvalue weighted by atomic mass is 16.6. The number of carbonyl (C=O) groups excluding carboxylic acids is 1. The van der Waals surface area contributed by atoms with Crippen LogP contribution in [0.3, 0.4) is 0 Å². The topological polar surface area (TPSA) is 54.4 Å². The largest absolute Gasteiger partial charge is 0.396 e. The number of β-lactam (4-membered cyclic amide) rings is 1. The number of allylic oxidation sites excluding steroid dienone is 1. The second kappa shape index (κ2) is 10.6. The molecule has 2 fully saturated rings. The van der Waals surface area contributed by atoms with Gasteiger partial charge in [-0.25, -0.2) is 0 Å². The molecular formula is C26H31N3O3. The zero-order chi connectivity index (χ0) is 22.3. The van der Waals surface area contributed by atoms with E-state index in [4.69, 9.17) is 9.57 Å². The van der Waals surface area contributed by atoms with Crippen LogP contribution in [0.2, 0.25) is 0 Å².